The maximum Gasteiger partial charge on any atom is 0.123 e. The van der Waals surface area contributed by atoms with E-state index in [-0.39, 0.29) is 6.04 Å². The summed E-state index contributed by atoms with van der Waals surface area (Å²) in [7, 11) is 1.72. The maximum absolute atomic E-state index is 5.44. The number of hydrogen-bond acceptors (Lipinski definition) is 4. The molecule has 1 heterocycles. The number of nitrogens with zero attached hydrogens (tertiary/aromatic N) is 1. The number of benzene rings is 1. The van der Waals surface area contributed by atoms with Crippen molar-refractivity contribution in [2.45, 2.75) is 39.8 Å². The molecule has 3 nitrogen and oxygen atoms in total. The van der Waals surface area contributed by atoms with E-state index in [1.165, 1.54) is 16.0 Å². The lowest BCUT2D eigenvalue weighted by atomic mass is 10.0. The molecular weight excluding hydrogens is 268 g/mol. The lowest BCUT2D eigenvalue weighted by molar-refractivity contribution is 0.401. The lowest BCUT2D eigenvalue weighted by Gasteiger charge is -2.17. The summed E-state index contributed by atoms with van der Waals surface area (Å²) in [6.07, 6.45) is 3.03. The van der Waals surface area contributed by atoms with Crippen molar-refractivity contribution in [3.8, 4) is 5.75 Å². The molecule has 0 aliphatic rings. The zero-order chi connectivity index (χ0) is 14.5. The number of aromatic nitrogens is 1. The van der Waals surface area contributed by atoms with Crippen LogP contribution in [0.3, 0.4) is 0 Å². The van der Waals surface area contributed by atoms with Crippen LogP contribution in [-0.2, 0) is 13.0 Å². The Kier molecular flexibility index (Phi) is 5.15. The van der Waals surface area contributed by atoms with Crippen LogP contribution < -0.4 is 10.1 Å². The van der Waals surface area contributed by atoms with Gasteiger partial charge in [-0.05, 0) is 26.3 Å². The normalized spacial score (nSPS) is 12.4. The fourth-order valence-corrected chi connectivity index (χ4v) is 2.95. The predicted octanol–water partition coefficient (Wildman–Crippen LogP) is 3.87. The van der Waals surface area contributed by atoms with Crippen molar-refractivity contribution in [2.24, 2.45) is 0 Å². The summed E-state index contributed by atoms with van der Waals surface area (Å²) in [6.45, 7) is 7.21. The number of nitrogens with one attached hydrogen (secondary N) is 1. The van der Waals surface area contributed by atoms with Crippen molar-refractivity contribution in [1.82, 2.24) is 10.3 Å². The van der Waals surface area contributed by atoms with Crippen LogP contribution in [0.4, 0.5) is 0 Å². The maximum atomic E-state index is 5.44. The molecule has 108 valence electrons. The highest BCUT2D eigenvalue weighted by molar-refractivity contribution is 7.11. The molecule has 0 saturated carbocycles. The summed E-state index contributed by atoms with van der Waals surface area (Å²) < 4.78 is 5.44. The van der Waals surface area contributed by atoms with E-state index >= 15 is 0 Å². The average Bonchev–Trinajstić information content (AvgIpc) is 2.92. The van der Waals surface area contributed by atoms with Crippen LogP contribution in [0.25, 0.3) is 0 Å². The average molecular weight is 290 g/mol. The molecule has 0 radical (unpaired) electrons. The summed E-state index contributed by atoms with van der Waals surface area (Å²) in [5.41, 5.74) is 2.44. The van der Waals surface area contributed by atoms with E-state index in [1.807, 2.05) is 12.3 Å². The Morgan fingerprint density at radius 3 is 2.85 bits per heavy atom. The Morgan fingerprint density at radius 2 is 2.20 bits per heavy atom. The Bertz CT molecular complexity index is 565. The topological polar surface area (TPSA) is 34.2 Å². The van der Waals surface area contributed by atoms with Gasteiger partial charge in [0.25, 0.3) is 0 Å². The minimum absolute atomic E-state index is 0.235. The van der Waals surface area contributed by atoms with Crippen molar-refractivity contribution in [2.75, 3.05) is 7.11 Å². The largest absolute Gasteiger partial charge is 0.496 e. The smallest absolute Gasteiger partial charge is 0.123 e. The molecule has 2 aromatic rings. The highest BCUT2D eigenvalue weighted by Gasteiger charge is 2.12. The summed E-state index contributed by atoms with van der Waals surface area (Å²) in [5.74, 6) is 0.934. The fourth-order valence-electron chi connectivity index (χ4n) is 2.14. The number of methoxy groups -OCH3 is 1. The third kappa shape index (κ3) is 3.58. The van der Waals surface area contributed by atoms with Crippen molar-refractivity contribution in [3.05, 3.63) is 45.4 Å². The molecule has 0 spiro atoms. The van der Waals surface area contributed by atoms with Crippen molar-refractivity contribution >= 4 is 11.3 Å². The Balaban J connectivity index is 2.04. The van der Waals surface area contributed by atoms with E-state index in [0.29, 0.717) is 0 Å². The minimum Gasteiger partial charge on any atom is -0.496 e. The van der Waals surface area contributed by atoms with Crippen molar-refractivity contribution < 1.29 is 4.74 Å². The second kappa shape index (κ2) is 6.86. The molecule has 4 heteroatoms. The van der Waals surface area contributed by atoms with Crippen molar-refractivity contribution in [1.29, 1.82) is 0 Å². The van der Waals surface area contributed by atoms with E-state index in [0.717, 1.165) is 23.7 Å². The molecule has 0 saturated heterocycles. The van der Waals surface area contributed by atoms with Crippen LogP contribution in [0.5, 0.6) is 5.75 Å². The molecule has 1 aromatic heterocycles. The molecule has 2 rings (SSSR count). The van der Waals surface area contributed by atoms with Gasteiger partial charge in [0.1, 0.15) is 10.8 Å². The molecule has 1 N–H and O–H groups in total. The van der Waals surface area contributed by atoms with Gasteiger partial charge in [-0.2, -0.15) is 0 Å². The van der Waals surface area contributed by atoms with E-state index in [2.05, 4.69) is 43.2 Å². The van der Waals surface area contributed by atoms with Crippen LogP contribution in [-0.4, -0.2) is 12.1 Å². The van der Waals surface area contributed by atoms with Gasteiger partial charge in [0, 0.05) is 29.2 Å². The van der Waals surface area contributed by atoms with Gasteiger partial charge in [-0.1, -0.05) is 24.6 Å². The van der Waals surface area contributed by atoms with E-state index in [1.54, 1.807) is 18.4 Å². The zero-order valence-corrected chi connectivity index (χ0v) is 13.4. The molecule has 1 aromatic carbocycles. The van der Waals surface area contributed by atoms with Gasteiger partial charge in [0.2, 0.25) is 0 Å². The van der Waals surface area contributed by atoms with Crippen molar-refractivity contribution in [3.63, 3.8) is 0 Å². The van der Waals surface area contributed by atoms with E-state index in [9.17, 15) is 0 Å². The molecule has 0 aliphatic heterocycles. The molecule has 0 amide bonds. The van der Waals surface area contributed by atoms with E-state index < -0.39 is 0 Å². The lowest BCUT2D eigenvalue weighted by Crippen LogP contribution is -2.18. The number of aryl methyl sites for hydroxylation is 2. The first-order chi connectivity index (χ1) is 9.63. The van der Waals surface area contributed by atoms with Crippen LogP contribution >= 0.6 is 11.3 Å². The van der Waals surface area contributed by atoms with Crippen LogP contribution in [0.2, 0.25) is 0 Å². The predicted molar refractivity (Wildman–Crippen MR) is 84.5 cm³/mol. The minimum atomic E-state index is 0.235. The third-order valence-electron chi connectivity index (χ3n) is 3.36. The zero-order valence-electron chi connectivity index (χ0n) is 12.6. The monoisotopic (exact) mass is 290 g/mol. The molecule has 1 atom stereocenters. The SMILES string of the molecule is CCc1cnc(CNC(C)c2cc(C)ccc2OC)s1. The summed E-state index contributed by atoms with van der Waals surface area (Å²) in [5, 5.41) is 4.66. The van der Waals surface area contributed by atoms with Crippen LogP contribution in [0.1, 0.15) is 40.9 Å². The van der Waals surface area contributed by atoms with Gasteiger partial charge in [0.15, 0.2) is 0 Å². The second-order valence-corrected chi connectivity index (χ2v) is 6.12. The number of rotatable bonds is 6. The van der Waals surface area contributed by atoms with Gasteiger partial charge in [-0.25, -0.2) is 4.98 Å². The summed E-state index contributed by atoms with van der Waals surface area (Å²) >= 11 is 1.78. The highest BCUT2D eigenvalue weighted by Crippen LogP contribution is 2.26. The van der Waals surface area contributed by atoms with Crippen LogP contribution in [0.15, 0.2) is 24.4 Å². The first-order valence-corrected chi connectivity index (χ1v) is 7.77. The first kappa shape index (κ1) is 15.0. The van der Waals surface area contributed by atoms with Gasteiger partial charge >= 0.3 is 0 Å². The second-order valence-electron chi connectivity index (χ2n) is 4.92. The molecule has 20 heavy (non-hydrogen) atoms. The van der Waals surface area contributed by atoms with Gasteiger partial charge in [-0.3, -0.25) is 0 Å². The number of ether oxygens (including phenoxy) is 1. The highest BCUT2D eigenvalue weighted by atomic mass is 32.1. The number of thiazole rings is 1. The molecule has 0 fully saturated rings. The number of hydrogen-bond donors (Lipinski definition) is 1. The van der Waals surface area contributed by atoms with Gasteiger partial charge < -0.3 is 10.1 Å². The fraction of sp³-hybridized carbons (Fsp3) is 0.438. The van der Waals surface area contributed by atoms with E-state index in [4.69, 9.17) is 4.74 Å². The Labute approximate surface area is 125 Å². The van der Waals surface area contributed by atoms with Crippen LogP contribution in [0, 0.1) is 6.92 Å². The molecular formula is C16H22N2OS. The molecule has 0 aliphatic carbocycles. The molecule has 0 bridgehead atoms. The van der Waals surface area contributed by atoms with Gasteiger partial charge in [-0.15, -0.1) is 11.3 Å². The Morgan fingerprint density at radius 1 is 1.40 bits per heavy atom. The van der Waals surface area contributed by atoms with Gasteiger partial charge in [0.05, 0.1) is 7.11 Å². The first-order valence-electron chi connectivity index (χ1n) is 6.95. The third-order valence-corrected chi connectivity index (χ3v) is 4.50. The standard InChI is InChI=1S/C16H22N2OS/c1-5-13-9-18-16(20-13)10-17-12(3)14-8-11(2)6-7-15(14)19-4/h6-9,12,17H,5,10H2,1-4H3. The Hall–Kier alpha value is -1.39. The molecule has 1 unspecified atom stereocenters. The summed E-state index contributed by atoms with van der Waals surface area (Å²) in [4.78, 5) is 5.77. The quantitative estimate of drug-likeness (QED) is 0.877. The summed E-state index contributed by atoms with van der Waals surface area (Å²) in [6, 6.07) is 6.51.